The third-order valence-electron chi connectivity index (χ3n) is 4.04. The first-order valence-corrected chi connectivity index (χ1v) is 7.95. The number of aliphatic carboxylic acids is 1. The van der Waals surface area contributed by atoms with Crippen molar-refractivity contribution in [3.05, 3.63) is 42.1 Å². The molecule has 0 saturated carbocycles. The van der Waals surface area contributed by atoms with Gasteiger partial charge in [0.15, 0.2) is 5.82 Å². The molecule has 130 valence electrons. The molecule has 0 aliphatic carbocycles. The van der Waals surface area contributed by atoms with Crippen LogP contribution in [0.15, 0.2) is 36.5 Å². The molecular weight excluding hydrogens is 324 g/mol. The third kappa shape index (κ3) is 4.23. The topological polar surface area (TPSA) is 113 Å². The predicted molar refractivity (Wildman–Crippen MR) is 90.0 cm³/mol. The van der Waals surface area contributed by atoms with Gasteiger partial charge in [0.05, 0.1) is 0 Å². The van der Waals surface area contributed by atoms with Gasteiger partial charge in [0, 0.05) is 30.3 Å². The van der Waals surface area contributed by atoms with Crippen LogP contribution in [0.5, 0.6) is 0 Å². The van der Waals surface area contributed by atoms with E-state index in [4.69, 9.17) is 5.11 Å². The molecule has 2 heterocycles. The zero-order chi connectivity index (χ0) is 17.8. The van der Waals surface area contributed by atoms with Crippen LogP contribution in [0.4, 0.5) is 11.5 Å². The molecule has 1 aliphatic heterocycles. The third-order valence-corrected chi connectivity index (χ3v) is 4.04. The lowest BCUT2D eigenvalue weighted by molar-refractivity contribution is -0.137. The van der Waals surface area contributed by atoms with Gasteiger partial charge >= 0.3 is 5.97 Å². The van der Waals surface area contributed by atoms with Crippen molar-refractivity contribution < 1.29 is 19.5 Å². The summed E-state index contributed by atoms with van der Waals surface area (Å²) in [5.74, 6) is -1.29. The Morgan fingerprint density at radius 2 is 2.12 bits per heavy atom. The van der Waals surface area contributed by atoms with Crippen molar-refractivity contribution in [3.8, 4) is 0 Å². The van der Waals surface area contributed by atoms with Crippen molar-refractivity contribution in [2.45, 2.75) is 25.8 Å². The Bertz CT molecular complexity index is 814. The molecule has 2 aromatic rings. The average molecular weight is 342 g/mol. The highest BCUT2D eigenvalue weighted by Gasteiger charge is 2.26. The average Bonchev–Trinajstić information content (AvgIpc) is 2.99. The molecule has 1 unspecified atom stereocenters. The highest BCUT2D eigenvalue weighted by molar-refractivity contribution is 5.96. The Hall–Kier alpha value is -3.16. The molecule has 0 saturated heterocycles. The summed E-state index contributed by atoms with van der Waals surface area (Å²) in [5.41, 5.74) is 1.90. The second kappa shape index (κ2) is 7.16. The number of carbonyl (C=O) groups is 3. The Kier molecular flexibility index (Phi) is 4.78. The fourth-order valence-electron chi connectivity index (χ4n) is 2.81. The van der Waals surface area contributed by atoms with Crippen molar-refractivity contribution in [2.24, 2.45) is 5.92 Å². The predicted octanol–water partition coefficient (Wildman–Crippen LogP) is 1.50. The zero-order valence-electron chi connectivity index (χ0n) is 13.4. The van der Waals surface area contributed by atoms with Crippen molar-refractivity contribution in [3.63, 3.8) is 0 Å². The highest BCUT2D eigenvalue weighted by Crippen LogP contribution is 2.27. The number of carbonyl (C=O) groups excluding carboxylic acids is 2. The number of hydrogen-bond donors (Lipinski definition) is 3. The Morgan fingerprint density at radius 3 is 2.92 bits per heavy atom. The number of anilines is 2. The van der Waals surface area contributed by atoms with Crippen LogP contribution in [0.1, 0.15) is 18.4 Å². The lowest BCUT2D eigenvalue weighted by Crippen LogP contribution is -2.30. The molecule has 1 aliphatic rings. The summed E-state index contributed by atoms with van der Waals surface area (Å²) in [6, 6.07) is 9.16. The van der Waals surface area contributed by atoms with Crippen LogP contribution in [-0.4, -0.2) is 32.7 Å². The number of nitrogens with one attached hydrogen (secondary N) is 2. The van der Waals surface area contributed by atoms with Gasteiger partial charge in [-0.15, -0.1) is 0 Å². The van der Waals surface area contributed by atoms with E-state index < -0.39 is 5.97 Å². The van der Waals surface area contributed by atoms with Gasteiger partial charge in [-0.1, -0.05) is 18.2 Å². The monoisotopic (exact) mass is 342 g/mol. The highest BCUT2D eigenvalue weighted by atomic mass is 16.4. The smallest absolute Gasteiger partial charge is 0.325 e. The molecule has 8 nitrogen and oxygen atoms in total. The Balaban J connectivity index is 1.51. The quantitative estimate of drug-likeness (QED) is 0.736. The molecule has 2 amide bonds. The van der Waals surface area contributed by atoms with E-state index in [0.717, 1.165) is 11.3 Å². The van der Waals surface area contributed by atoms with Gasteiger partial charge < -0.3 is 15.7 Å². The Labute approximate surface area is 143 Å². The van der Waals surface area contributed by atoms with E-state index in [1.54, 1.807) is 0 Å². The minimum Gasteiger partial charge on any atom is -0.480 e. The van der Waals surface area contributed by atoms with E-state index in [2.05, 4.69) is 15.7 Å². The van der Waals surface area contributed by atoms with Crippen LogP contribution in [0.25, 0.3) is 0 Å². The second-order valence-corrected chi connectivity index (χ2v) is 5.93. The van der Waals surface area contributed by atoms with Crippen LogP contribution < -0.4 is 10.6 Å². The molecule has 8 heteroatoms. The number of benzene rings is 1. The van der Waals surface area contributed by atoms with Crippen molar-refractivity contribution in [1.82, 2.24) is 9.78 Å². The van der Waals surface area contributed by atoms with E-state index in [1.807, 2.05) is 24.3 Å². The summed E-state index contributed by atoms with van der Waals surface area (Å²) in [6.45, 7) is -0.266. The second-order valence-electron chi connectivity index (χ2n) is 5.93. The first kappa shape index (κ1) is 16.7. The van der Waals surface area contributed by atoms with Gasteiger partial charge in [0.25, 0.3) is 0 Å². The van der Waals surface area contributed by atoms with Crippen LogP contribution in [0.3, 0.4) is 0 Å². The van der Waals surface area contributed by atoms with Gasteiger partial charge in [-0.2, -0.15) is 5.10 Å². The summed E-state index contributed by atoms with van der Waals surface area (Å²) >= 11 is 0. The van der Waals surface area contributed by atoms with Gasteiger partial charge in [-0.3, -0.25) is 19.1 Å². The number of nitrogens with zero attached hydrogens (tertiary/aromatic N) is 2. The van der Waals surface area contributed by atoms with Crippen LogP contribution in [0, 0.1) is 5.92 Å². The number of para-hydroxylation sites is 1. The minimum atomic E-state index is -1.01. The summed E-state index contributed by atoms with van der Waals surface area (Å²) in [7, 11) is 0. The summed E-state index contributed by atoms with van der Waals surface area (Å²) in [6.07, 6.45) is 2.71. The maximum Gasteiger partial charge on any atom is 0.325 e. The number of carboxylic acids is 1. The standard InChI is InChI=1S/C17H18N4O4/c22-15(19-14-7-8-21(20-14)10-16(23)24)6-5-12-9-11-3-1-2-4-13(11)18-17(12)25/h1-4,7-8,12H,5-6,9-10H2,(H,18,25)(H,23,24)(H,19,20,22). The van der Waals surface area contributed by atoms with Gasteiger partial charge in [-0.25, -0.2) is 0 Å². The SMILES string of the molecule is O=C(O)Cn1ccc(NC(=O)CCC2Cc3ccccc3NC2=O)n1. The number of fused-ring (bicyclic) bond motifs is 1. The van der Waals surface area contributed by atoms with Crippen LogP contribution in [-0.2, 0) is 27.3 Å². The first-order chi connectivity index (χ1) is 12.0. The molecule has 1 atom stereocenters. The Morgan fingerprint density at radius 1 is 1.32 bits per heavy atom. The molecular formula is C17H18N4O4. The molecule has 0 radical (unpaired) electrons. The molecule has 25 heavy (non-hydrogen) atoms. The minimum absolute atomic E-state index is 0.0720. The van der Waals surface area contributed by atoms with E-state index in [9.17, 15) is 14.4 Å². The first-order valence-electron chi connectivity index (χ1n) is 7.95. The molecule has 0 spiro atoms. The van der Waals surface area contributed by atoms with E-state index in [1.165, 1.54) is 16.9 Å². The number of aromatic nitrogens is 2. The number of amides is 2. The number of carboxylic acid groups (broad SMARTS) is 1. The lowest BCUT2D eigenvalue weighted by atomic mass is 9.89. The van der Waals surface area contributed by atoms with Crippen molar-refractivity contribution >= 4 is 29.3 Å². The largest absolute Gasteiger partial charge is 0.480 e. The maximum atomic E-state index is 12.1. The van der Waals surface area contributed by atoms with Gasteiger partial charge in [-0.05, 0) is 24.5 Å². The van der Waals surface area contributed by atoms with Gasteiger partial charge in [0.2, 0.25) is 11.8 Å². The van der Waals surface area contributed by atoms with E-state index >= 15 is 0 Å². The fourth-order valence-corrected chi connectivity index (χ4v) is 2.81. The van der Waals surface area contributed by atoms with Gasteiger partial charge in [0.1, 0.15) is 6.54 Å². The van der Waals surface area contributed by atoms with E-state index in [-0.39, 0.29) is 30.7 Å². The number of rotatable bonds is 6. The molecule has 1 aromatic carbocycles. The van der Waals surface area contributed by atoms with Crippen molar-refractivity contribution in [1.29, 1.82) is 0 Å². The summed E-state index contributed by atoms with van der Waals surface area (Å²) < 4.78 is 1.23. The summed E-state index contributed by atoms with van der Waals surface area (Å²) in [5, 5.41) is 18.1. The molecule has 3 N–H and O–H groups in total. The fraction of sp³-hybridized carbons (Fsp3) is 0.294. The lowest BCUT2D eigenvalue weighted by Gasteiger charge is -2.24. The van der Waals surface area contributed by atoms with Crippen molar-refractivity contribution in [2.75, 3.05) is 10.6 Å². The number of hydrogen-bond acceptors (Lipinski definition) is 4. The van der Waals surface area contributed by atoms with Crippen LogP contribution >= 0.6 is 0 Å². The maximum absolute atomic E-state index is 12.1. The molecule has 3 rings (SSSR count). The normalized spacial score (nSPS) is 16.0. The van der Waals surface area contributed by atoms with Crippen LogP contribution in [0.2, 0.25) is 0 Å². The molecule has 0 bridgehead atoms. The molecule has 0 fully saturated rings. The zero-order valence-corrected chi connectivity index (χ0v) is 13.4. The summed E-state index contributed by atoms with van der Waals surface area (Å²) in [4.78, 5) is 34.8. The van der Waals surface area contributed by atoms with E-state index in [0.29, 0.717) is 18.7 Å². The molecule has 1 aromatic heterocycles.